The van der Waals surface area contributed by atoms with Crippen molar-refractivity contribution in [2.24, 2.45) is 0 Å². The maximum Gasteiger partial charge on any atom is 0.0896 e. The molecule has 0 aliphatic heterocycles. The van der Waals surface area contributed by atoms with Crippen LogP contribution in [-0.4, -0.2) is 9.55 Å². The largest absolute Gasteiger partial charge is 0.309 e. The van der Waals surface area contributed by atoms with Crippen molar-refractivity contribution in [1.82, 2.24) is 9.55 Å². The first-order chi connectivity index (χ1) is 18.8. The van der Waals surface area contributed by atoms with Crippen molar-refractivity contribution in [3.05, 3.63) is 133 Å². The van der Waals surface area contributed by atoms with E-state index in [-0.39, 0.29) is 0 Å². The van der Waals surface area contributed by atoms with Crippen LogP contribution in [0.3, 0.4) is 0 Å². The highest BCUT2D eigenvalue weighted by atomic mass is 32.1. The van der Waals surface area contributed by atoms with Gasteiger partial charge in [0.2, 0.25) is 0 Å². The molecule has 8 rings (SSSR count). The fourth-order valence-electron chi connectivity index (χ4n) is 5.62. The van der Waals surface area contributed by atoms with Crippen molar-refractivity contribution in [2.75, 3.05) is 0 Å². The minimum atomic E-state index is 1.01. The standard InChI is InChI=1S/C35H22N2S/c1-2-9-23(10-3-1)30-18-20-34-35(36-30)29-22-25(17-19-33(29)38-34)24-11-8-12-26(21-24)37-31-15-6-4-13-27(31)28-14-5-7-16-32(28)37/h1-22H. The van der Waals surface area contributed by atoms with Gasteiger partial charge in [-0.15, -0.1) is 11.3 Å². The van der Waals surface area contributed by atoms with E-state index in [0.717, 1.165) is 16.8 Å². The van der Waals surface area contributed by atoms with Crippen LogP contribution in [0.1, 0.15) is 0 Å². The Labute approximate surface area is 224 Å². The second kappa shape index (κ2) is 8.41. The topological polar surface area (TPSA) is 17.8 Å². The molecule has 0 saturated heterocycles. The molecule has 0 amide bonds. The quantitative estimate of drug-likeness (QED) is 0.235. The van der Waals surface area contributed by atoms with Crippen LogP contribution in [0.25, 0.3) is 70.2 Å². The molecule has 178 valence electrons. The Hall–Kier alpha value is -4.73. The van der Waals surface area contributed by atoms with Gasteiger partial charge < -0.3 is 4.57 Å². The lowest BCUT2D eigenvalue weighted by Crippen LogP contribution is -1.94. The van der Waals surface area contributed by atoms with Crippen LogP contribution in [0.5, 0.6) is 0 Å². The number of para-hydroxylation sites is 2. The summed E-state index contributed by atoms with van der Waals surface area (Å²) in [5.41, 5.74) is 9.24. The van der Waals surface area contributed by atoms with E-state index < -0.39 is 0 Å². The number of benzene rings is 5. The van der Waals surface area contributed by atoms with E-state index >= 15 is 0 Å². The zero-order valence-corrected chi connectivity index (χ0v) is 21.3. The molecule has 5 aromatic carbocycles. The first-order valence-corrected chi connectivity index (χ1v) is 13.6. The number of pyridine rings is 1. The van der Waals surface area contributed by atoms with Gasteiger partial charge in [-0.3, -0.25) is 0 Å². The van der Waals surface area contributed by atoms with Crippen molar-refractivity contribution in [3.63, 3.8) is 0 Å². The molecule has 0 unspecified atom stereocenters. The van der Waals surface area contributed by atoms with Crippen LogP contribution in [0.2, 0.25) is 0 Å². The van der Waals surface area contributed by atoms with E-state index in [1.165, 1.54) is 53.4 Å². The van der Waals surface area contributed by atoms with E-state index in [0.29, 0.717) is 0 Å². The molecule has 3 heterocycles. The molecule has 38 heavy (non-hydrogen) atoms. The van der Waals surface area contributed by atoms with Gasteiger partial charge in [-0.05, 0) is 59.7 Å². The normalized spacial score (nSPS) is 11.7. The van der Waals surface area contributed by atoms with Gasteiger partial charge in [0.15, 0.2) is 0 Å². The summed E-state index contributed by atoms with van der Waals surface area (Å²) >= 11 is 1.81. The summed E-state index contributed by atoms with van der Waals surface area (Å²) in [7, 11) is 0. The maximum absolute atomic E-state index is 5.10. The second-order valence-electron chi connectivity index (χ2n) is 9.64. The summed E-state index contributed by atoms with van der Waals surface area (Å²) < 4.78 is 4.86. The van der Waals surface area contributed by atoms with E-state index in [9.17, 15) is 0 Å². The van der Waals surface area contributed by atoms with E-state index in [1.807, 2.05) is 6.07 Å². The SMILES string of the molecule is c1ccc(-c2ccc3sc4ccc(-c5cccc(-n6c7ccccc7c7ccccc76)c5)cc4c3n2)cc1. The molecule has 0 fully saturated rings. The van der Waals surface area contributed by atoms with Gasteiger partial charge in [-0.2, -0.15) is 0 Å². The highest BCUT2D eigenvalue weighted by Gasteiger charge is 2.13. The van der Waals surface area contributed by atoms with Gasteiger partial charge in [0.1, 0.15) is 0 Å². The number of aromatic nitrogens is 2. The number of fused-ring (bicyclic) bond motifs is 6. The van der Waals surface area contributed by atoms with Crippen LogP contribution in [-0.2, 0) is 0 Å². The average Bonchev–Trinajstić information content (AvgIpc) is 3.52. The molecular formula is C35H22N2S. The van der Waals surface area contributed by atoms with Crippen molar-refractivity contribution in [2.45, 2.75) is 0 Å². The molecule has 0 radical (unpaired) electrons. The minimum Gasteiger partial charge on any atom is -0.309 e. The summed E-state index contributed by atoms with van der Waals surface area (Å²) in [5.74, 6) is 0. The molecule has 0 N–H and O–H groups in total. The Morgan fingerprint density at radius 2 is 1.13 bits per heavy atom. The third-order valence-electron chi connectivity index (χ3n) is 7.40. The monoisotopic (exact) mass is 502 g/mol. The third-order valence-corrected chi connectivity index (χ3v) is 8.53. The summed E-state index contributed by atoms with van der Waals surface area (Å²) in [4.78, 5) is 5.10. The van der Waals surface area contributed by atoms with Crippen molar-refractivity contribution in [1.29, 1.82) is 0 Å². The molecular weight excluding hydrogens is 480 g/mol. The zero-order valence-electron chi connectivity index (χ0n) is 20.5. The Morgan fingerprint density at radius 3 is 1.92 bits per heavy atom. The van der Waals surface area contributed by atoms with Crippen LogP contribution in [0.15, 0.2) is 133 Å². The van der Waals surface area contributed by atoms with Gasteiger partial charge >= 0.3 is 0 Å². The summed E-state index contributed by atoms with van der Waals surface area (Å²) in [6.45, 7) is 0. The zero-order chi connectivity index (χ0) is 25.1. The lowest BCUT2D eigenvalue weighted by molar-refractivity contribution is 1.18. The Kier molecular flexibility index (Phi) is 4.73. The van der Waals surface area contributed by atoms with E-state index in [2.05, 4.69) is 132 Å². The van der Waals surface area contributed by atoms with Gasteiger partial charge in [-0.1, -0.05) is 84.9 Å². The predicted molar refractivity (Wildman–Crippen MR) is 162 cm³/mol. The number of thiophene rings is 1. The molecule has 3 aromatic heterocycles. The lowest BCUT2D eigenvalue weighted by atomic mass is 10.0. The molecule has 0 bridgehead atoms. The van der Waals surface area contributed by atoms with Gasteiger partial charge in [0.05, 0.1) is 26.9 Å². The predicted octanol–water partition coefficient (Wildman–Crippen LogP) is 9.88. The fourth-order valence-corrected chi connectivity index (χ4v) is 6.65. The third kappa shape index (κ3) is 3.29. The first kappa shape index (κ1) is 21.4. The van der Waals surface area contributed by atoms with Gasteiger partial charge in [-0.25, -0.2) is 4.98 Å². The molecule has 2 nitrogen and oxygen atoms in total. The van der Waals surface area contributed by atoms with Gasteiger partial charge in [0.25, 0.3) is 0 Å². The van der Waals surface area contributed by atoms with Crippen LogP contribution >= 0.6 is 11.3 Å². The van der Waals surface area contributed by atoms with Crippen LogP contribution in [0, 0.1) is 0 Å². The second-order valence-corrected chi connectivity index (χ2v) is 10.7. The van der Waals surface area contributed by atoms with Crippen molar-refractivity contribution in [3.8, 4) is 28.1 Å². The van der Waals surface area contributed by atoms with Gasteiger partial charge in [0, 0.05) is 32.1 Å². The number of hydrogen-bond acceptors (Lipinski definition) is 2. The first-order valence-electron chi connectivity index (χ1n) is 12.8. The smallest absolute Gasteiger partial charge is 0.0896 e. The van der Waals surface area contributed by atoms with Crippen molar-refractivity contribution < 1.29 is 0 Å². The number of rotatable bonds is 3. The molecule has 0 atom stereocenters. The molecule has 3 heteroatoms. The molecule has 0 aliphatic carbocycles. The molecule has 0 saturated carbocycles. The van der Waals surface area contributed by atoms with Crippen molar-refractivity contribution >= 4 is 53.4 Å². The highest BCUT2D eigenvalue weighted by Crippen LogP contribution is 2.38. The Bertz CT molecular complexity index is 2080. The average molecular weight is 503 g/mol. The number of hydrogen-bond donors (Lipinski definition) is 0. The van der Waals surface area contributed by atoms with Crippen LogP contribution < -0.4 is 0 Å². The van der Waals surface area contributed by atoms with E-state index in [1.54, 1.807) is 11.3 Å². The van der Waals surface area contributed by atoms with Crippen LogP contribution in [0.4, 0.5) is 0 Å². The summed E-state index contributed by atoms with van der Waals surface area (Å²) in [5, 5.41) is 3.77. The highest BCUT2D eigenvalue weighted by molar-refractivity contribution is 7.25. The summed E-state index contributed by atoms with van der Waals surface area (Å²) in [6.07, 6.45) is 0. The summed E-state index contributed by atoms with van der Waals surface area (Å²) in [6, 6.07) is 47.7. The molecule has 8 aromatic rings. The maximum atomic E-state index is 5.10. The molecule has 0 aliphatic rings. The lowest BCUT2D eigenvalue weighted by Gasteiger charge is -2.10. The Morgan fingerprint density at radius 1 is 0.474 bits per heavy atom. The van der Waals surface area contributed by atoms with E-state index in [4.69, 9.17) is 4.98 Å². The minimum absolute atomic E-state index is 1.01. The number of nitrogens with zero attached hydrogens (tertiary/aromatic N) is 2. The molecule has 0 spiro atoms. The Balaban J connectivity index is 1.30. The fraction of sp³-hybridized carbons (Fsp3) is 0.